The first-order valence-electron chi connectivity index (χ1n) is 28.6. The Bertz CT molecular complexity index is 3070. The monoisotopic (exact) mass is 1200 g/mol. The molecule has 4 aromatic heterocycles. The third-order valence-corrected chi connectivity index (χ3v) is 30.5. The average molecular weight is 1210 g/mol. The van der Waals surface area contributed by atoms with Crippen molar-refractivity contribution in [2.75, 3.05) is 52.1 Å². The molecule has 2 aliphatic heterocycles. The normalized spacial score (nSPS) is 21.8. The summed E-state index contributed by atoms with van der Waals surface area (Å²) in [5.74, 6) is 2.02. The van der Waals surface area contributed by atoms with Crippen molar-refractivity contribution in [2.45, 2.75) is 191 Å². The van der Waals surface area contributed by atoms with Gasteiger partial charge in [-0.05, 0) is 115 Å². The highest BCUT2D eigenvalue weighted by atomic mass is 28.4. The molecule has 83 heavy (non-hydrogen) atoms. The van der Waals surface area contributed by atoms with Crippen molar-refractivity contribution in [3.05, 3.63) is 72.3 Å². The molecule has 0 unspecified atom stereocenters. The molecule has 7 N–H and O–H groups in total. The number of aryl methyl sites for hydroxylation is 2. The second kappa shape index (κ2) is 26.1. The molecule has 8 rings (SSSR count). The number of fused-ring (bicyclic) bond motifs is 2. The fourth-order valence-electron chi connectivity index (χ4n) is 8.79. The third-order valence-electron chi connectivity index (χ3n) is 17.1. The molecule has 0 spiro atoms. The molecule has 22 nitrogen and oxygen atoms in total. The number of ether oxygens (including phenoxy) is 6. The molecule has 0 aliphatic carbocycles. The van der Waals surface area contributed by atoms with E-state index in [0.717, 1.165) is 42.7 Å². The fourth-order valence-corrected chi connectivity index (χ4v) is 12.4. The number of rotatable bonds is 22. The van der Waals surface area contributed by atoms with Gasteiger partial charge >= 0.3 is 12.0 Å². The van der Waals surface area contributed by atoms with Crippen LogP contribution in [0.1, 0.15) is 98.7 Å². The van der Waals surface area contributed by atoms with E-state index in [2.05, 4.69) is 139 Å². The van der Waals surface area contributed by atoms with Crippen LogP contribution >= 0.6 is 0 Å². The quantitative estimate of drug-likeness (QED) is 0.0313. The first-order chi connectivity index (χ1) is 38.8. The number of nitrogen functional groups attached to an aromatic ring is 2. The predicted molar refractivity (Wildman–Crippen MR) is 327 cm³/mol. The maximum absolute atomic E-state index is 10.3. The van der Waals surface area contributed by atoms with Gasteiger partial charge in [-0.1, -0.05) is 86.6 Å². The number of anilines is 2. The number of aliphatic hydroxyl groups is 3. The van der Waals surface area contributed by atoms with Crippen molar-refractivity contribution in [1.29, 1.82) is 0 Å². The molecule has 2 aliphatic rings. The van der Waals surface area contributed by atoms with Crippen LogP contribution in [-0.2, 0) is 35.6 Å². The summed E-state index contributed by atoms with van der Waals surface area (Å²) in [6.07, 6.45) is 0.0935. The zero-order valence-corrected chi connectivity index (χ0v) is 54.8. The molecular weight excluding hydrogens is 1110 g/mol. The van der Waals surface area contributed by atoms with E-state index in [-0.39, 0.29) is 51.0 Å². The first-order valence-corrected chi connectivity index (χ1v) is 37.3. The lowest BCUT2D eigenvalue weighted by molar-refractivity contribution is -0.0511. The van der Waals surface area contributed by atoms with Gasteiger partial charge in [0.1, 0.15) is 48.1 Å². The van der Waals surface area contributed by atoms with E-state index in [9.17, 15) is 15.3 Å². The number of nitrogens with two attached hydrogens (primary N) is 2. The van der Waals surface area contributed by atoms with Crippen molar-refractivity contribution >= 4 is 58.9 Å². The summed E-state index contributed by atoms with van der Waals surface area (Å²) in [7, 11) is -3.48. The van der Waals surface area contributed by atoms with Crippen molar-refractivity contribution < 1.29 is 57.0 Å². The number of aliphatic hydroxyl groups excluding tert-OH is 3. The lowest BCUT2D eigenvalue weighted by atomic mass is 10.1. The topological polar surface area (TPSA) is 283 Å². The lowest BCUT2D eigenvalue weighted by Gasteiger charge is -2.44. The Morgan fingerprint density at radius 2 is 0.964 bits per heavy atom. The molecule has 2 aromatic carbocycles. The predicted octanol–water partition coefficient (Wildman–Crippen LogP) is 9.17. The molecular formula is C58H92N10O12Si3. The van der Waals surface area contributed by atoms with E-state index < -0.39 is 68.4 Å². The van der Waals surface area contributed by atoms with Crippen LogP contribution < -0.4 is 30.4 Å². The summed E-state index contributed by atoms with van der Waals surface area (Å²) >= 11 is 0. The Balaban J connectivity index is 0.000000270. The highest BCUT2D eigenvalue weighted by molar-refractivity contribution is 6.75. The van der Waals surface area contributed by atoms with Crippen molar-refractivity contribution in [3.8, 4) is 23.5 Å². The number of methoxy groups -OCH3 is 2. The highest BCUT2D eigenvalue weighted by Crippen LogP contribution is 2.47. The maximum atomic E-state index is 10.3. The molecule has 0 bridgehead atoms. The smallest absolute Gasteiger partial charge is 0.320 e. The molecule has 0 amide bonds. The van der Waals surface area contributed by atoms with Gasteiger partial charge in [-0.25, -0.2) is 9.97 Å². The Morgan fingerprint density at radius 1 is 0.554 bits per heavy atom. The number of benzene rings is 2. The summed E-state index contributed by atoms with van der Waals surface area (Å²) in [6, 6.07) is 16.2. The summed E-state index contributed by atoms with van der Waals surface area (Å²) in [6.45, 7) is 34.8. The fraction of sp³-hybridized carbons (Fsp3) is 0.621. The third kappa shape index (κ3) is 15.2. The number of aromatic nitrogens is 8. The Morgan fingerprint density at radius 3 is 1.36 bits per heavy atom. The number of hydrogen-bond acceptors (Lipinski definition) is 20. The Labute approximate surface area is 492 Å². The van der Waals surface area contributed by atoms with Crippen LogP contribution in [0.15, 0.2) is 61.2 Å². The average Bonchev–Trinajstić information content (AvgIpc) is 4.41. The van der Waals surface area contributed by atoms with Crippen molar-refractivity contribution in [1.82, 2.24) is 39.0 Å². The Hall–Kier alpha value is -5.33. The second-order valence-electron chi connectivity index (χ2n) is 26.1. The van der Waals surface area contributed by atoms with E-state index in [1.807, 2.05) is 41.0 Å². The number of hydrogen-bond donors (Lipinski definition) is 5. The molecule has 0 radical (unpaired) electrons. The minimum atomic E-state index is -2.35. The van der Waals surface area contributed by atoms with E-state index >= 15 is 0 Å². The molecule has 0 saturated carbocycles. The largest absolute Gasteiger partial charge is 0.497 e. The summed E-state index contributed by atoms with van der Waals surface area (Å²) in [4.78, 5) is 26.7. The molecule has 6 heterocycles. The van der Waals surface area contributed by atoms with Gasteiger partial charge in [0.05, 0.1) is 53.3 Å². The van der Waals surface area contributed by atoms with Gasteiger partial charge in [-0.3, -0.25) is 9.13 Å². The number of nitrogens with zero attached hydrogens (tertiary/aromatic N) is 8. The van der Waals surface area contributed by atoms with Crippen LogP contribution in [0.3, 0.4) is 0 Å². The van der Waals surface area contributed by atoms with Crippen LogP contribution in [0.5, 0.6) is 23.5 Å². The minimum absolute atomic E-state index is 0.0273. The van der Waals surface area contributed by atoms with Gasteiger partial charge in [0.25, 0.3) is 0 Å². The van der Waals surface area contributed by atoms with Gasteiger partial charge < -0.3 is 68.5 Å². The van der Waals surface area contributed by atoms with E-state index in [1.54, 1.807) is 20.5 Å². The van der Waals surface area contributed by atoms with Crippen LogP contribution in [0.2, 0.25) is 54.4 Å². The molecule has 458 valence electrons. The van der Waals surface area contributed by atoms with Gasteiger partial charge in [-0.2, -0.15) is 19.9 Å². The molecule has 25 heteroatoms. The van der Waals surface area contributed by atoms with Crippen LogP contribution in [0, 0.1) is 0 Å². The van der Waals surface area contributed by atoms with E-state index in [0.29, 0.717) is 42.1 Å². The van der Waals surface area contributed by atoms with Crippen LogP contribution in [0.25, 0.3) is 22.3 Å². The van der Waals surface area contributed by atoms with Crippen molar-refractivity contribution in [3.63, 3.8) is 0 Å². The van der Waals surface area contributed by atoms with Gasteiger partial charge in [0.2, 0.25) is 0 Å². The first kappa shape index (κ1) is 65.2. The minimum Gasteiger partial charge on any atom is -0.497 e. The van der Waals surface area contributed by atoms with Crippen molar-refractivity contribution in [2.24, 2.45) is 0 Å². The SMILES string of the molecule is COc1ccc(CCCOc2nc(N)c3ncn([C@@H]4O[C@H](CO)[C@@H](O)[C@H]4O)c3n2)cc1.COc1ccc(CCCOc2nc(N)c3ncn([C@@H]4O[C@H](CO[Si](C)(C)C(C)(C)C)[C@@H](O[Si](C)(C)C(C)(C)C)[C@H]4O[Si](C)(C)C(C)(C)C)c3n2)cc1. The maximum Gasteiger partial charge on any atom is 0.320 e. The van der Waals surface area contributed by atoms with E-state index in [4.69, 9.17) is 58.2 Å². The van der Waals surface area contributed by atoms with E-state index in [1.165, 1.54) is 16.5 Å². The Kier molecular flexibility index (Phi) is 20.5. The standard InChI is InChI=1S/C38H67N5O6Si3.C20H25N5O6/c1-36(2,3)50(11,12)46-24-28-30(48-51(13,14)37(4,5)6)31(49-52(15,16)38(7,8)9)34(47-28)43-25-40-29-32(39)41-35(42-33(29)43)45-23-17-18-26-19-21-27(44-10)22-20-26;1-29-12-6-4-11(5-7-12)3-2-8-30-20-23-17(21)14-18(24-20)25(10-22-14)19-16(28)15(27)13(9-26)31-19/h19-22,25,28,30-31,34H,17-18,23-24H2,1-16H3,(H2,39,41,42);4-7,10,13,15-16,19,26-28H,2-3,8-9H2,1H3,(H2,21,23,24)/t28-,30-,31-,34-;13-,15-,16-,19-/m11/s1. The van der Waals surface area contributed by atoms with Gasteiger partial charge in [0.15, 0.2) is 71.4 Å². The summed E-state index contributed by atoms with van der Waals surface area (Å²) < 4.78 is 59.7. The second-order valence-corrected chi connectivity index (χ2v) is 40.4. The summed E-state index contributed by atoms with van der Waals surface area (Å²) in [5, 5.41) is 29.6. The van der Waals surface area contributed by atoms with Crippen LogP contribution in [-0.4, -0.2) is 157 Å². The molecule has 8 atom stereocenters. The molecule has 2 saturated heterocycles. The molecule has 6 aromatic rings. The molecule has 2 fully saturated rings. The zero-order chi connectivity index (χ0) is 61.0. The van der Waals surface area contributed by atoms with Gasteiger partial charge in [0, 0.05) is 0 Å². The van der Waals surface area contributed by atoms with Crippen LogP contribution in [0.4, 0.5) is 11.6 Å². The highest BCUT2D eigenvalue weighted by Gasteiger charge is 2.55. The zero-order valence-electron chi connectivity index (χ0n) is 51.8. The summed E-state index contributed by atoms with van der Waals surface area (Å²) in [5.41, 5.74) is 16.5. The lowest BCUT2D eigenvalue weighted by Crippen LogP contribution is -2.54. The number of imidazole rings is 2. The van der Waals surface area contributed by atoms with Gasteiger partial charge in [-0.15, -0.1) is 0 Å².